The fraction of sp³-hybridized carbons (Fsp3) is 0.535. The molecule has 0 saturated carbocycles. The second kappa shape index (κ2) is 37.5. The second-order valence-corrected chi connectivity index (χ2v) is 13.4. The lowest BCUT2D eigenvalue weighted by atomic mass is 10.2. The van der Waals surface area contributed by atoms with E-state index in [1.807, 2.05) is 12.2 Å². The second-order valence-electron chi connectivity index (χ2n) is 12.2. The van der Waals surface area contributed by atoms with Crippen LogP contribution in [0, 0.1) is 0 Å². The molecular weight excluding hydrogens is 675 g/mol. The standard InChI is InChI=1S/C43H67O8P/c1-3-5-7-9-11-13-15-17-19-20-21-22-24-26-28-30-32-34-36-38-43(45)51-41(40-50-52(46,47)48)39-49-42(44)37-35-33-31-29-27-25-23-18-16-14-12-10-8-6-4-2/h6,8,11-14,17-19,21-23,26-29,32,34,41H,3-5,7,9-10,15-16,20,24-25,30-31,33,35-40H2,1-2H3,(H2,46,47,48)/b8-6+,13-11+,14-12+,19-17+,22-21+,23-18+,28-26+,29-27+,34-32+/t41-/m1/s1. The number of hydrogen-bond acceptors (Lipinski definition) is 6. The molecule has 0 radical (unpaired) electrons. The van der Waals surface area contributed by atoms with Crippen molar-refractivity contribution in [1.82, 2.24) is 0 Å². The number of esters is 2. The zero-order valence-corrected chi connectivity index (χ0v) is 32.8. The van der Waals surface area contributed by atoms with E-state index in [1.54, 1.807) is 0 Å². The molecule has 0 heterocycles. The first kappa shape index (κ1) is 48.7. The maximum absolute atomic E-state index is 12.3. The fourth-order valence-corrected chi connectivity index (χ4v) is 4.82. The van der Waals surface area contributed by atoms with Gasteiger partial charge in [-0.05, 0) is 89.9 Å². The van der Waals surface area contributed by atoms with Crippen molar-refractivity contribution in [3.05, 3.63) is 109 Å². The van der Waals surface area contributed by atoms with Crippen LogP contribution in [0.25, 0.3) is 0 Å². The van der Waals surface area contributed by atoms with E-state index < -0.39 is 32.5 Å². The van der Waals surface area contributed by atoms with Crippen LogP contribution >= 0.6 is 7.82 Å². The van der Waals surface area contributed by atoms with Crippen LogP contribution in [0.4, 0.5) is 0 Å². The Morgan fingerprint density at radius 2 is 0.942 bits per heavy atom. The summed E-state index contributed by atoms with van der Waals surface area (Å²) in [6.45, 7) is 3.41. The van der Waals surface area contributed by atoms with Crippen molar-refractivity contribution in [3.63, 3.8) is 0 Å². The quantitative estimate of drug-likeness (QED) is 0.0295. The van der Waals surface area contributed by atoms with Crippen LogP contribution in [-0.2, 0) is 28.2 Å². The summed E-state index contributed by atoms with van der Waals surface area (Å²) in [7, 11) is -4.79. The zero-order valence-electron chi connectivity index (χ0n) is 31.9. The van der Waals surface area contributed by atoms with Gasteiger partial charge in [-0.25, -0.2) is 4.57 Å². The minimum atomic E-state index is -4.79. The van der Waals surface area contributed by atoms with Gasteiger partial charge in [0, 0.05) is 12.8 Å². The molecule has 0 aliphatic heterocycles. The van der Waals surface area contributed by atoms with Crippen molar-refractivity contribution >= 4 is 19.8 Å². The molecule has 0 bridgehead atoms. The number of ether oxygens (including phenoxy) is 2. The summed E-state index contributed by atoms with van der Waals surface area (Å²) in [5, 5.41) is 0. The SMILES string of the molecule is CC/C=C/C/C=C/C/C=C/C/C=C/CCCCC(=O)OC[C@H](COP(=O)(O)O)OC(=O)CC/C=C/C/C=C/C/C=C/C/C=C/C/C=C/CCCCC. The van der Waals surface area contributed by atoms with Gasteiger partial charge in [-0.3, -0.25) is 14.1 Å². The maximum atomic E-state index is 12.3. The molecule has 0 aromatic rings. The summed E-state index contributed by atoms with van der Waals surface area (Å²) >= 11 is 0. The van der Waals surface area contributed by atoms with E-state index in [2.05, 4.69) is 116 Å². The van der Waals surface area contributed by atoms with Gasteiger partial charge in [0.05, 0.1) is 6.61 Å². The highest BCUT2D eigenvalue weighted by molar-refractivity contribution is 7.46. The zero-order chi connectivity index (χ0) is 38.2. The molecule has 0 aliphatic rings. The molecule has 9 heteroatoms. The van der Waals surface area contributed by atoms with Crippen molar-refractivity contribution in [1.29, 1.82) is 0 Å². The molecule has 0 saturated heterocycles. The van der Waals surface area contributed by atoms with Crippen molar-refractivity contribution in [3.8, 4) is 0 Å². The Morgan fingerprint density at radius 1 is 0.519 bits per heavy atom. The van der Waals surface area contributed by atoms with E-state index in [1.165, 1.54) is 25.7 Å². The summed E-state index contributed by atoms with van der Waals surface area (Å²) in [5.41, 5.74) is 0. The van der Waals surface area contributed by atoms with Crippen molar-refractivity contribution < 1.29 is 37.9 Å². The Morgan fingerprint density at radius 3 is 1.38 bits per heavy atom. The molecule has 2 N–H and O–H groups in total. The average Bonchev–Trinajstić information content (AvgIpc) is 3.11. The Labute approximate surface area is 315 Å². The Balaban J connectivity index is 4.20. The molecule has 0 amide bonds. The number of allylic oxidation sites excluding steroid dienone is 18. The van der Waals surface area contributed by atoms with Crippen LogP contribution in [0.3, 0.4) is 0 Å². The van der Waals surface area contributed by atoms with E-state index in [9.17, 15) is 14.2 Å². The number of carbonyl (C=O) groups is 2. The highest BCUT2D eigenvalue weighted by atomic mass is 31.2. The van der Waals surface area contributed by atoms with Gasteiger partial charge in [0.15, 0.2) is 6.10 Å². The minimum Gasteiger partial charge on any atom is -0.462 e. The van der Waals surface area contributed by atoms with E-state index in [4.69, 9.17) is 19.3 Å². The largest absolute Gasteiger partial charge is 0.469 e. The molecule has 292 valence electrons. The summed E-state index contributed by atoms with van der Waals surface area (Å²) in [4.78, 5) is 42.7. The van der Waals surface area contributed by atoms with Gasteiger partial charge in [0.2, 0.25) is 0 Å². The Bertz CT molecular complexity index is 1200. The maximum Gasteiger partial charge on any atom is 0.469 e. The topological polar surface area (TPSA) is 119 Å². The minimum absolute atomic E-state index is 0.0722. The fourth-order valence-electron chi connectivity index (χ4n) is 4.46. The summed E-state index contributed by atoms with van der Waals surface area (Å²) in [6.07, 6.45) is 52.5. The smallest absolute Gasteiger partial charge is 0.462 e. The van der Waals surface area contributed by atoms with Gasteiger partial charge in [0.1, 0.15) is 6.61 Å². The van der Waals surface area contributed by atoms with Crippen molar-refractivity contribution in [2.75, 3.05) is 13.2 Å². The van der Waals surface area contributed by atoms with Gasteiger partial charge >= 0.3 is 19.8 Å². The van der Waals surface area contributed by atoms with Crippen molar-refractivity contribution in [2.24, 2.45) is 0 Å². The lowest BCUT2D eigenvalue weighted by Gasteiger charge is -2.18. The molecular formula is C43H67O8P. The molecule has 52 heavy (non-hydrogen) atoms. The molecule has 0 unspecified atom stereocenters. The van der Waals surface area contributed by atoms with Crippen LogP contribution in [-0.4, -0.2) is 41.0 Å². The Kier molecular flexibility index (Phi) is 35.1. The molecule has 0 fully saturated rings. The molecule has 8 nitrogen and oxygen atoms in total. The third-order valence-electron chi connectivity index (χ3n) is 7.29. The lowest BCUT2D eigenvalue weighted by molar-refractivity contribution is -0.161. The Hall–Kier alpha value is -3.29. The predicted molar refractivity (Wildman–Crippen MR) is 216 cm³/mol. The van der Waals surface area contributed by atoms with E-state index in [0.29, 0.717) is 12.8 Å². The van der Waals surface area contributed by atoms with Crippen LogP contribution in [0.2, 0.25) is 0 Å². The van der Waals surface area contributed by atoms with E-state index >= 15 is 0 Å². The van der Waals surface area contributed by atoms with Crippen LogP contribution in [0.5, 0.6) is 0 Å². The molecule has 0 spiro atoms. The number of phosphoric acid groups is 1. The van der Waals surface area contributed by atoms with Crippen LogP contribution in [0.15, 0.2) is 109 Å². The third kappa shape index (κ3) is 39.5. The van der Waals surface area contributed by atoms with Crippen LogP contribution < -0.4 is 0 Å². The monoisotopic (exact) mass is 742 g/mol. The van der Waals surface area contributed by atoms with E-state index in [-0.39, 0.29) is 19.4 Å². The number of carbonyl (C=O) groups excluding carboxylic acids is 2. The van der Waals surface area contributed by atoms with E-state index in [0.717, 1.165) is 64.2 Å². The average molecular weight is 743 g/mol. The predicted octanol–water partition coefficient (Wildman–Crippen LogP) is 11.6. The normalized spacial score (nSPS) is 13.7. The summed E-state index contributed by atoms with van der Waals surface area (Å²) in [5.74, 6) is -1.04. The number of rotatable bonds is 33. The number of phosphoric ester groups is 1. The van der Waals surface area contributed by atoms with Crippen LogP contribution in [0.1, 0.15) is 129 Å². The molecule has 0 aromatic carbocycles. The first-order chi connectivity index (χ1) is 25.3. The number of unbranched alkanes of at least 4 members (excludes halogenated alkanes) is 5. The number of hydrogen-bond donors (Lipinski definition) is 2. The molecule has 0 aromatic heterocycles. The summed E-state index contributed by atoms with van der Waals surface area (Å²) in [6, 6.07) is 0. The van der Waals surface area contributed by atoms with Gasteiger partial charge in [-0.2, -0.15) is 0 Å². The third-order valence-corrected chi connectivity index (χ3v) is 7.77. The first-order valence-corrected chi connectivity index (χ1v) is 20.7. The van der Waals surface area contributed by atoms with Gasteiger partial charge in [0.25, 0.3) is 0 Å². The molecule has 0 rings (SSSR count). The van der Waals surface area contributed by atoms with Gasteiger partial charge in [-0.1, -0.05) is 136 Å². The molecule has 0 aliphatic carbocycles. The molecule has 1 atom stereocenters. The van der Waals surface area contributed by atoms with Crippen molar-refractivity contribution in [2.45, 2.75) is 136 Å². The van der Waals surface area contributed by atoms with Gasteiger partial charge < -0.3 is 19.3 Å². The first-order valence-electron chi connectivity index (χ1n) is 19.2. The highest BCUT2D eigenvalue weighted by Gasteiger charge is 2.22. The lowest BCUT2D eigenvalue weighted by Crippen LogP contribution is -2.29. The summed E-state index contributed by atoms with van der Waals surface area (Å²) < 4.78 is 26.2. The van der Waals surface area contributed by atoms with Gasteiger partial charge in [-0.15, -0.1) is 0 Å². The highest BCUT2D eigenvalue weighted by Crippen LogP contribution is 2.35.